The van der Waals surface area contributed by atoms with E-state index in [-0.39, 0.29) is 0 Å². The second-order valence-electron chi connectivity index (χ2n) is 6.70. The number of nitrogens with zero attached hydrogens (tertiary/aromatic N) is 1. The summed E-state index contributed by atoms with van der Waals surface area (Å²) in [5.74, 6) is 0. The highest BCUT2D eigenvalue weighted by molar-refractivity contribution is 7.96. The summed E-state index contributed by atoms with van der Waals surface area (Å²) >= 11 is 1.74. The fourth-order valence-electron chi connectivity index (χ4n) is 4.02. The number of hydrogen-bond donors (Lipinski definition) is 1. The standard InChI is InChI=1S/C23H20N2S/c1-26-25-15-19-13-11-17-7-3-5-9-21(17)23(19)22-18(14-24-25)12-10-16-6-2-4-8-20(16)22/h2-13,24H,14-15H2,1H3. The van der Waals surface area contributed by atoms with Crippen molar-refractivity contribution < 1.29 is 0 Å². The van der Waals surface area contributed by atoms with Gasteiger partial charge in [0.25, 0.3) is 0 Å². The van der Waals surface area contributed by atoms with E-state index in [0.717, 1.165) is 13.1 Å². The maximum Gasteiger partial charge on any atom is 0.0501 e. The molecule has 26 heavy (non-hydrogen) atoms. The van der Waals surface area contributed by atoms with Crippen LogP contribution >= 0.6 is 11.9 Å². The second kappa shape index (κ2) is 6.44. The molecule has 128 valence electrons. The summed E-state index contributed by atoms with van der Waals surface area (Å²) in [6, 6.07) is 26.5. The Bertz CT molecular complexity index is 1120. The van der Waals surface area contributed by atoms with Crippen LogP contribution in [0, 0.1) is 0 Å². The van der Waals surface area contributed by atoms with Gasteiger partial charge in [0.2, 0.25) is 0 Å². The first-order valence-electron chi connectivity index (χ1n) is 8.92. The Morgan fingerprint density at radius 2 is 1.31 bits per heavy atom. The lowest BCUT2D eigenvalue weighted by Gasteiger charge is -2.28. The lowest BCUT2D eigenvalue weighted by molar-refractivity contribution is 0.341. The first kappa shape index (κ1) is 15.9. The molecule has 0 bridgehead atoms. The zero-order chi connectivity index (χ0) is 17.5. The van der Waals surface area contributed by atoms with Crippen molar-refractivity contribution in [3.05, 3.63) is 83.9 Å². The Balaban J connectivity index is 1.93. The van der Waals surface area contributed by atoms with E-state index >= 15 is 0 Å². The van der Waals surface area contributed by atoms with Gasteiger partial charge in [-0.25, -0.2) is 5.43 Å². The van der Waals surface area contributed by atoms with E-state index in [4.69, 9.17) is 0 Å². The van der Waals surface area contributed by atoms with Crippen LogP contribution in [-0.4, -0.2) is 10.7 Å². The maximum absolute atomic E-state index is 3.58. The Kier molecular flexibility index (Phi) is 3.93. The molecule has 0 radical (unpaired) electrons. The lowest BCUT2D eigenvalue weighted by Crippen LogP contribution is -2.32. The number of fused-ring (bicyclic) bond motifs is 7. The molecular weight excluding hydrogens is 336 g/mol. The average molecular weight is 356 g/mol. The van der Waals surface area contributed by atoms with Crippen LogP contribution in [0.2, 0.25) is 0 Å². The van der Waals surface area contributed by atoms with Gasteiger partial charge in [-0.15, -0.1) is 0 Å². The minimum absolute atomic E-state index is 0.837. The summed E-state index contributed by atoms with van der Waals surface area (Å²) in [4.78, 5) is 0. The zero-order valence-corrected chi connectivity index (χ0v) is 15.5. The first-order valence-corrected chi connectivity index (χ1v) is 10.1. The van der Waals surface area contributed by atoms with Gasteiger partial charge in [-0.3, -0.25) is 0 Å². The number of benzene rings is 4. The van der Waals surface area contributed by atoms with E-state index in [0.29, 0.717) is 0 Å². The highest BCUT2D eigenvalue weighted by Gasteiger charge is 2.20. The van der Waals surface area contributed by atoms with Crippen molar-refractivity contribution in [2.24, 2.45) is 0 Å². The quantitative estimate of drug-likeness (QED) is 0.437. The molecule has 0 aliphatic carbocycles. The van der Waals surface area contributed by atoms with E-state index in [1.165, 1.54) is 43.8 Å². The molecule has 1 aliphatic heterocycles. The van der Waals surface area contributed by atoms with E-state index in [2.05, 4.69) is 88.9 Å². The fraction of sp³-hybridized carbons (Fsp3) is 0.130. The molecular formula is C23H20N2S. The molecule has 0 saturated carbocycles. The third kappa shape index (κ3) is 2.52. The second-order valence-corrected chi connectivity index (χ2v) is 7.50. The van der Waals surface area contributed by atoms with Gasteiger partial charge in [0, 0.05) is 6.54 Å². The molecule has 4 aromatic rings. The maximum atomic E-state index is 3.58. The molecule has 0 amide bonds. The Labute approximate surface area is 157 Å². The highest BCUT2D eigenvalue weighted by Crippen LogP contribution is 2.40. The molecule has 3 heteroatoms. The van der Waals surface area contributed by atoms with Gasteiger partial charge in [0.05, 0.1) is 6.54 Å². The largest absolute Gasteiger partial charge is 0.241 e. The van der Waals surface area contributed by atoms with Crippen LogP contribution < -0.4 is 5.43 Å². The van der Waals surface area contributed by atoms with Crippen LogP contribution in [0.5, 0.6) is 0 Å². The van der Waals surface area contributed by atoms with Crippen molar-refractivity contribution in [2.75, 3.05) is 6.26 Å². The molecule has 0 atom stereocenters. The minimum atomic E-state index is 0.837. The van der Waals surface area contributed by atoms with Gasteiger partial charge in [-0.2, -0.15) is 4.41 Å². The third-order valence-electron chi connectivity index (χ3n) is 5.26. The van der Waals surface area contributed by atoms with E-state index in [1.807, 2.05) is 0 Å². The Morgan fingerprint density at radius 1 is 0.731 bits per heavy atom. The smallest absolute Gasteiger partial charge is 0.0501 e. The molecule has 1 aliphatic rings. The van der Waals surface area contributed by atoms with E-state index in [1.54, 1.807) is 11.9 Å². The number of hydrogen-bond acceptors (Lipinski definition) is 3. The Morgan fingerprint density at radius 3 is 1.96 bits per heavy atom. The van der Waals surface area contributed by atoms with Crippen LogP contribution in [0.3, 0.4) is 0 Å². The predicted octanol–water partition coefficient (Wildman–Crippen LogP) is 5.76. The monoisotopic (exact) mass is 356 g/mol. The average Bonchev–Trinajstić information content (AvgIpc) is 2.68. The Hall–Kier alpha value is -2.33. The molecule has 0 aromatic heterocycles. The minimum Gasteiger partial charge on any atom is -0.241 e. The summed E-state index contributed by atoms with van der Waals surface area (Å²) < 4.78 is 2.23. The van der Waals surface area contributed by atoms with E-state index in [9.17, 15) is 0 Å². The third-order valence-corrected chi connectivity index (χ3v) is 5.96. The molecule has 5 rings (SSSR count). The first-order chi connectivity index (χ1) is 12.8. The van der Waals surface area contributed by atoms with Crippen molar-refractivity contribution >= 4 is 33.5 Å². The molecule has 2 nitrogen and oxygen atoms in total. The molecule has 1 heterocycles. The van der Waals surface area contributed by atoms with Gasteiger partial charge in [-0.1, -0.05) is 84.7 Å². The van der Waals surface area contributed by atoms with Gasteiger partial charge < -0.3 is 0 Å². The van der Waals surface area contributed by atoms with Gasteiger partial charge in [0.1, 0.15) is 0 Å². The molecule has 1 N–H and O–H groups in total. The van der Waals surface area contributed by atoms with Crippen molar-refractivity contribution in [1.82, 2.24) is 9.84 Å². The van der Waals surface area contributed by atoms with E-state index < -0.39 is 0 Å². The van der Waals surface area contributed by atoms with Crippen LogP contribution in [0.1, 0.15) is 11.1 Å². The molecule has 0 unspecified atom stereocenters. The summed E-state index contributed by atoms with van der Waals surface area (Å²) in [5.41, 5.74) is 9.05. The number of nitrogens with one attached hydrogen (secondary N) is 1. The lowest BCUT2D eigenvalue weighted by atomic mass is 9.86. The number of hydrazine groups is 1. The zero-order valence-electron chi connectivity index (χ0n) is 14.7. The van der Waals surface area contributed by atoms with Crippen LogP contribution in [-0.2, 0) is 13.1 Å². The van der Waals surface area contributed by atoms with Crippen molar-refractivity contribution in [1.29, 1.82) is 0 Å². The molecule has 4 aromatic carbocycles. The van der Waals surface area contributed by atoms with Crippen LogP contribution in [0.15, 0.2) is 72.8 Å². The van der Waals surface area contributed by atoms with Gasteiger partial charge >= 0.3 is 0 Å². The summed E-state index contributed by atoms with van der Waals surface area (Å²) in [5, 5.41) is 5.27. The summed E-state index contributed by atoms with van der Waals surface area (Å²) in [6.07, 6.45) is 2.12. The van der Waals surface area contributed by atoms with Crippen LogP contribution in [0.4, 0.5) is 0 Å². The molecule has 0 fully saturated rings. The highest BCUT2D eigenvalue weighted by atomic mass is 32.2. The van der Waals surface area contributed by atoms with Gasteiger partial charge in [0.15, 0.2) is 0 Å². The topological polar surface area (TPSA) is 15.3 Å². The van der Waals surface area contributed by atoms with Crippen molar-refractivity contribution in [2.45, 2.75) is 13.1 Å². The molecule has 0 saturated heterocycles. The number of rotatable bonds is 1. The fourth-order valence-corrected chi connectivity index (χ4v) is 4.48. The van der Waals surface area contributed by atoms with Crippen LogP contribution in [0.25, 0.3) is 32.7 Å². The SMILES string of the molecule is CSN1Cc2ccc3ccccc3c2-c2c(ccc3ccccc23)CN1. The molecule has 0 spiro atoms. The van der Waals surface area contributed by atoms with Crippen molar-refractivity contribution in [3.8, 4) is 11.1 Å². The summed E-state index contributed by atoms with van der Waals surface area (Å²) in [7, 11) is 0. The van der Waals surface area contributed by atoms with Gasteiger partial charge in [-0.05, 0) is 50.1 Å². The van der Waals surface area contributed by atoms with Crippen molar-refractivity contribution in [3.63, 3.8) is 0 Å². The predicted molar refractivity (Wildman–Crippen MR) is 113 cm³/mol. The normalized spacial score (nSPS) is 14.7. The summed E-state index contributed by atoms with van der Waals surface area (Å²) in [6.45, 7) is 1.72.